The van der Waals surface area contributed by atoms with E-state index in [0.29, 0.717) is 0 Å². The molecule has 0 aliphatic carbocycles. The van der Waals surface area contributed by atoms with Crippen molar-refractivity contribution >= 4 is 175 Å². The first kappa shape index (κ1) is 70.3. The van der Waals surface area contributed by atoms with Crippen LogP contribution in [0.5, 0.6) is 0 Å². The highest BCUT2D eigenvalue weighted by Gasteiger charge is 2.26. The Kier molecular flexibility index (Phi) is 14.9. The molecule has 0 aliphatic rings. The van der Waals surface area contributed by atoms with Gasteiger partial charge in [-0.2, -0.15) is 0 Å². The third-order valence-electron chi connectivity index (χ3n) is 27.4. The van der Waals surface area contributed by atoms with Gasteiger partial charge in [0.05, 0.1) is 71.6 Å². The van der Waals surface area contributed by atoms with E-state index in [1.807, 2.05) is 12.1 Å². The van der Waals surface area contributed by atoms with Crippen LogP contribution in [0.15, 0.2) is 446 Å². The van der Waals surface area contributed by atoms with Crippen molar-refractivity contribution in [1.82, 2.24) is 27.4 Å². The summed E-state index contributed by atoms with van der Waals surface area (Å²) in [5, 5.41) is 18.9. The normalized spacial score (nSPS) is 12.2. The molecular formula is C120H72N6O2. The third kappa shape index (κ3) is 10.5. The highest BCUT2D eigenvalue weighted by Crippen LogP contribution is 2.48. The molecule has 128 heavy (non-hydrogen) atoms. The molecule has 8 aromatic heterocycles. The number of hydrogen-bond donors (Lipinski definition) is 0. The molecule has 20 aromatic carbocycles. The zero-order valence-electron chi connectivity index (χ0n) is 69.1. The molecule has 28 aromatic rings. The minimum absolute atomic E-state index is 0.886. The van der Waals surface area contributed by atoms with E-state index in [2.05, 4.69) is 452 Å². The van der Waals surface area contributed by atoms with Crippen LogP contribution in [0.3, 0.4) is 0 Å². The second kappa shape index (κ2) is 27.1. The molecule has 0 saturated carbocycles. The molecule has 0 spiro atoms. The first-order valence-electron chi connectivity index (χ1n) is 43.9. The van der Waals surface area contributed by atoms with Gasteiger partial charge < -0.3 is 36.2 Å². The van der Waals surface area contributed by atoms with Crippen LogP contribution < -0.4 is 0 Å². The Morgan fingerprint density at radius 3 is 0.797 bits per heavy atom. The topological polar surface area (TPSA) is 55.9 Å². The van der Waals surface area contributed by atoms with Gasteiger partial charge in [0.1, 0.15) is 22.3 Å². The molecule has 594 valence electrons. The zero-order chi connectivity index (χ0) is 83.5. The Morgan fingerprint density at radius 2 is 0.398 bits per heavy atom. The minimum Gasteiger partial charge on any atom is -0.456 e. The lowest BCUT2D eigenvalue weighted by Gasteiger charge is -2.16. The third-order valence-corrected chi connectivity index (χ3v) is 27.4. The summed E-state index contributed by atoms with van der Waals surface area (Å²) in [4.78, 5) is 0. The van der Waals surface area contributed by atoms with Gasteiger partial charge >= 0.3 is 0 Å². The maximum atomic E-state index is 6.47. The molecule has 0 aliphatic heterocycles. The maximum Gasteiger partial charge on any atom is 0.137 e. The molecule has 0 atom stereocenters. The van der Waals surface area contributed by atoms with Crippen molar-refractivity contribution in [3.63, 3.8) is 0 Å². The van der Waals surface area contributed by atoms with Crippen molar-refractivity contribution in [1.29, 1.82) is 0 Å². The highest BCUT2D eigenvalue weighted by molar-refractivity contribution is 6.25. The molecule has 0 saturated heterocycles. The number of benzene rings is 20. The van der Waals surface area contributed by atoms with Crippen LogP contribution in [0.1, 0.15) is 0 Å². The standard InChI is InChI=1S/C120H72N6O2/c1-11-31-104-89(21-1)90-22-2-12-32-105(90)122(104)85-63-81(77-45-41-73(42-46-77)75-49-55-83(56-50-75)121-108-35-15-8-28-96(108)102-72-118-103(71-114(102)121)97-29-9-19-39-115(97)128-118)65-87(69-85)124-109-36-16-6-26-94(109)100-67-79(53-60-112(100)124)80-54-61-113-101(68-80)95-27-7-17-37-110(95)125(113)88-66-82(64-86(70-88)123-106-33-13-3-23-91(106)92-24-4-14-34-107(92)123)78-47-43-74(44-48-78)76-51-57-84(58-52-76)126-111-38-18-5-25-93(111)98-59-62-117-119(120(98)126)99-30-10-20-40-116(99)127-117/h1-72H. The van der Waals surface area contributed by atoms with Crippen LogP contribution in [-0.2, 0) is 0 Å². The molecule has 0 bridgehead atoms. The number of aromatic nitrogens is 6. The van der Waals surface area contributed by atoms with E-state index in [1.165, 1.54) is 64.6 Å². The van der Waals surface area contributed by atoms with E-state index in [9.17, 15) is 0 Å². The maximum absolute atomic E-state index is 6.47. The van der Waals surface area contributed by atoms with E-state index in [0.717, 1.165) is 200 Å². The lowest BCUT2D eigenvalue weighted by atomic mass is 9.99. The quantitative estimate of drug-likeness (QED) is 0.130. The number of nitrogens with zero attached hydrogens (tertiary/aromatic N) is 6. The Bertz CT molecular complexity index is 9460. The average Bonchev–Trinajstić information content (AvgIpc) is 1.56. The summed E-state index contributed by atoms with van der Waals surface area (Å²) in [6.45, 7) is 0. The molecule has 8 heterocycles. The van der Waals surface area contributed by atoms with E-state index in [1.54, 1.807) is 0 Å². The summed E-state index contributed by atoms with van der Waals surface area (Å²) in [5.74, 6) is 0. The largest absolute Gasteiger partial charge is 0.456 e. The van der Waals surface area contributed by atoms with Crippen molar-refractivity contribution in [2.45, 2.75) is 0 Å². The van der Waals surface area contributed by atoms with Gasteiger partial charge in [-0.1, -0.05) is 267 Å². The fraction of sp³-hybridized carbons (Fsp3) is 0. The molecule has 0 fully saturated rings. The zero-order valence-corrected chi connectivity index (χ0v) is 69.1. The van der Waals surface area contributed by atoms with Crippen LogP contribution in [0.25, 0.3) is 264 Å². The first-order valence-corrected chi connectivity index (χ1v) is 43.9. The van der Waals surface area contributed by atoms with Gasteiger partial charge in [-0.25, -0.2) is 0 Å². The molecule has 0 radical (unpaired) electrons. The second-order valence-corrected chi connectivity index (χ2v) is 34.2. The van der Waals surface area contributed by atoms with E-state index in [4.69, 9.17) is 8.83 Å². The molecule has 0 N–H and O–H groups in total. The molecule has 8 heteroatoms. The number of furan rings is 2. The van der Waals surface area contributed by atoms with Gasteiger partial charge in [0, 0.05) is 115 Å². The Balaban J connectivity index is 0.546. The van der Waals surface area contributed by atoms with Gasteiger partial charge in [-0.15, -0.1) is 0 Å². The summed E-state index contributed by atoms with van der Waals surface area (Å²) in [5.41, 5.74) is 35.3. The van der Waals surface area contributed by atoms with Crippen molar-refractivity contribution in [2.24, 2.45) is 0 Å². The van der Waals surface area contributed by atoms with Gasteiger partial charge in [-0.3, -0.25) is 0 Å². The van der Waals surface area contributed by atoms with Crippen molar-refractivity contribution < 1.29 is 8.83 Å². The van der Waals surface area contributed by atoms with Gasteiger partial charge in [0.25, 0.3) is 0 Å². The van der Waals surface area contributed by atoms with Crippen LogP contribution in [-0.4, -0.2) is 27.4 Å². The lowest BCUT2D eigenvalue weighted by molar-refractivity contribution is 0.669. The van der Waals surface area contributed by atoms with Crippen LogP contribution in [0.4, 0.5) is 0 Å². The van der Waals surface area contributed by atoms with Gasteiger partial charge in [0.15, 0.2) is 0 Å². The molecule has 28 rings (SSSR count). The van der Waals surface area contributed by atoms with Crippen molar-refractivity contribution in [2.75, 3.05) is 0 Å². The summed E-state index contributed by atoms with van der Waals surface area (Å²) >= 11 is 0. The number of fused-ring (bicyclic) bond motifs is 25. The van der Waals surface area contributed by atoms with Gasteiger partial charge in [0.2, 0.25) is 0 Å². The summed E-state index contributed by atoms with van der Waals surface area (Å²) in [6.07, 6.45) is 0. The second-order valence-electron chi connectivity index (χ2n) is 34.2. The molecule has 0 amide bonds. The van der Waals surface area contributed by atoms with Crippen LogP contribution in [0, 0.1) is 0 Å². The van der Waals surface area contributed by atoms with E-state index in [-0.39, 0.29) is 0 Å². The van der Waals surface area contributed by atoms with Crippen LogP contribution in [0.2, 0.25) is 0 Å². The lowest BCUT2D eigenvalue weighted by Crippen LogP contribution is -2.00. The van der Waals surface area contributed by atoms with E-state index >= 15 is 0 Å². The molecule has 0 unspecified atom stereocenters. The fourth-order valence-corrected chi connectivity index (χ4v) is 21.6. The van der Waals surface area contributed by atoms with Crippen molar-refractivity contribution in [3.8, 4) is 89.8 Å². The Hall–Kier alpha value is -17.2. The predicted molar refractivity (Wildman–Crippen MR) is 534 cm³/mol. The van der Waals surface area contributed by atoms with Gasteiger partial charge in [-0.05, 0) is 225 Å². The van der Waals surface area contributed by atoms with Crippen LogP contribution >= 0.6 is 0 Å². The van der Waals surface area contributed by atoms with E-state index < -0.39 is 0 Å². The number of hydrogen-bond acceptors (Lipinski definition) is 2. The SMILES string of the molecule is c1ccc2c(c1)oc1cc3c4ccccc4n(-c4ccc(-c5ccc(-c6cc(-n7c8ccccc8c8ccccc87)cc(-n7c8ccccc8c8cc(-c9ccc%10c(c9)c9ccccc9n%10-c9cc(-c%10ccc(-c%11ccc(-n%12c%13ccccc%13c%13ccc%14oc%15ccccc%15c%14c%13%12)cc%11)cc%10)cc(-n%10c%11ccccc%11c%11ccccc%11%10)c9)ccc87)c6)cc5)cc4)c3cc12. The Labute approximate surface area is 732 Å². The summed E-state index contributed by atoms with van der Waals surface area (Å²) in [7, 11) is 0. The average molecular weight is 1630 g/mol. The summed E-state index contributed by atoms with van der Waals surface area (Å²) < 4.78 is 27.6. The molecular weight excluding hydrogens is 1560 g/mol. The fourth-order valence-electron chi connectivity index (χ4n) is 21.6. The summed E-state index contributed by atoms with van der Waals surface area (Å²) in [6, 6.07) is 161. The first-order chi connectivity index (χ1) is 63.4. The highest BCUT2D eigenvalue weighted by atomic mass is 16.3. The number of para-hydroxylation sites is 10. The smallest absolute Gasteiger partial charge is 0.137 e. The molecule has 8 nitrogen and oxygen atoms in total. The number of rotatable bonds is 11. The Morgan fingerprint density at radius 1 is 0.125 bits per heavy atom. The monoisotopic (exact) mass is 1630 g/mol. The predicted octanol–water partition coefficient (Wildman–Crippen LogP) is 32.4. The minimum atomic E-state index is 0.886. The van der Waals surface area contributed by atoms with Crippen molar-refractivity contribution in [3.05, 3.63) is 437 Å².